The van der Waals surface area contributed by atoms with Gasteiger partial charge < -0.3 is 15.4 Å². The first-order chi connectivity index (χ1) is 14.4. The summed E-state index contributed by atoms with van der Waals surface area (Å²) in [5.41, 5.74) is 2.39. The zero-order valence-electron chi connectivity index (χ0n) is 17.3. The predicted molar refractivity (Wildman–Crippen MR) is 115 cm³/mol. The van der Waals surface area contributed by atoms with Crippen molar-refractivity contribution >= 4 is 23.4 Å². The number of para-hydroxylation sites is 1. The lowest BCUT2D eigenvalue weighted by Crippen LogP contribution is -2.31. The van der Waals surface area contributed by atoms with Gasteiger partial charge in [-0.15, -0.1) is 0 Å². The van der Waals surface area contributed by atoms with E-state index in [1.54, 1.807) is 61.4 Å². The van der Waals surface area contributed by atoms with E-state index in [9.17, 15) is 9.59 Å². The van der Waals surface area contributed by atoms with Crippen molar-refractivity contribution in [2.45, 2.75) is 19.9 Å². The van der Waals surface area contributed by atoms with Gasteiger partial charge in [-0.05, 0) is 32.0 Å². The zero-order chi connectivity index (χ0) is 21.7. The van der Waals surface area contributed by atoms with Gasteiger partial charge in [0.1, 0.15) is 0 Å². The highest BCUT2D eigenvalue weighted by atomic mass is 16.5. The minimum atomic E-state index is -0.502. The first kappa shape index (κ1) is 20.8. The van der Waals surface area contributed by atoms with Gasteiger partial charge in [-0.1, -0.05) is 12.1 Å². The first-order valence-corrected chi connectivity index (χ1v) is 9.39. The molecule has 0 spiro atoms. The molecule has 3 aromatic rings. The lowest BCUT2D eigenvalue weighted by molar-refractivity contribution is 0.0944. The van der Waals surface area contributed by atoms with Crippen molar-refractivity contribution in [1.29, 1.82) is 0 Å². The summed E-state index contributed by atoms with van der Waals surface area (Å²) in [6.07, 6.45) is 1.67. The fraction of sp³-hybridized carbons (Fsp3) is 0.238. The van der Waals surface area contributed by atoms with Crippen LogP contribution in [0.25, 0.3) is 11.3 Å². The topological polar surface area (TPSA) is 110 Å². The van der Waals surface area contributed by atoms with Gasteiger partial charge in [0.05, 0.1) is 24.1 Å². The number of amides is 3. The highest BCUT2D eigenvalue weighted by molar-refractivity contribution is 6.06. The van der Waals surface area contributed by atoms with E-state index in [-0.39, 0.29) is 11.9 Å². The number of carbonyl (C=O) groups excluding carboxylic acids is 2. The summed E-state index contributed by atoms with van der Waals surface area (Å²) in [4.78, 5) is 29.0. The van der Waals surface area contributed by atoms with E-state index in [4.69, 9.17) is 4.74 Å². The highest BCUT2D eigenvalue weighted by Crippen LogP contribution is 2.23. The number of aryl methyl sites for hydroxylation is 1. The Morgan fingerprint density at radius 2 is 1.87 bits per heavy atom. The molecule has 9 heteroatoms. The van der Waals surface area contributed by atoms with E-state index in [2.05, 4.69) is 26.0 Å². The minimum Gasteiger partial charge on any atom is -0.481 e. The number of aromatic nitrogens is 3. The zero-order valence-corrected chi connectivity index (χ0v) is 17.3. The number of ether oxygens (including phenoxy) is 1. The molecule has 0 fully saturated rings. The van der Waals surface area contributed by atoms with Crippen molar-refractivity contribution in [3.05, 3.63) is 54.2 Å². The van der Waals surface area contributed by atoms with Crippen LogP contribution in [0.1, 0.15) is 24.2 Å². The Labute approximate surface area is 174 Å². The van der Waals surface area contributed by atoms with E-state index < -0.39 is 6.03 Å². The number of methoxy groups -OCH3 is 1. The van der Waals surface area contributed by atoms with Crippen molar-refractivity contribution in [3.63, 3.8) is 0 Å². The van der Waals surface area contributed by atoms with E-state index in [0.717, 1.165) is 11.3 Å². The number of nitrogens with zero attached hydrogens (tertiary/aromatic N) is 3. The average Bonchev–Trinajstić information content (AvgIpc) is 3.07. The van der Waals surface area contributed by atoms with Crippen molar-refractivity contribution in [3.8, 4) is 17.1 Å². The van der Waals surface area contributed by atoms with Crippen LogP contribution in [0.3, 0.4) is 0 Å². The molecule has 0 aliphatic heterocycles. The number of hydrogen-bond acceptors (Lipinski definition) is 5. The number of hydrogen-bond donors (Lipinski definition) is 3. The van der Waals surface area contributed by atoms with Crippen molar-refractivity contribution in [1.82, 2.24) is 20.1 Å². The van der Waals surface area contributed by atoms with Gasteiger partial charge in [0.2, 0.25) is 5.88 Å². The molecule has 3 amide bonds. The summed E-state index contributed by atoms with van der Waals surface area (Å²) >= 11 is 0. The van der Waals surface area contributed by atoms with Crippen molar-refractivity contribution < 1.29 is 14.3 Å². The Bertz CT molecular complexity index is 1040. The molecule has 0 unspecified atom stereocenters. The van der Waals surface area contributed by atoms with E-state index in [1.165, 1.54) is 0 Å². The van der Waals surface area contributed by atoms with Gasteiger partial charge in [-0.3, -0.25) is 14.8 Å². The van der Waals surface area contributed by atoms with Crippen LogP contribution >= 0.6 is 0 Å². The highest BCUT2D eigenvalue weighted by Gasteiger charge is 2.15. The average molecular weight is 408 g/mol. The molecule has 9 nitrogen and oxygen atoms in total. The van der Waals surface area contributed by atoms with E-state index >= 15 is 0 Å². The van der Waals surface area contributed by atoms with Gasteiger partial charge in [0, 0.05) is 37.0 Å². The molecule has 0 radical (unpaired) electrons. The SMILES string of the molecule is COc1ccc(-c2cc(NC(=O)Nc3ccccc3C(=O)NC(C)C)nn2C)cn1. The second-order valence-electron chi connectivity index (χ2n) is 6.88. The van der Waals surface area contributed by atoms with Crippen molar-refractivity contribution in [2.75, 3.05) is 17.7 Å². The van der Waals surface area contributed by atoms with Crippen LogP contribution in [0, 0.1) is 0 Å². The van der Waals surface area contributed by atoms with E-state index in [1.807, 2.05) is 19.9 Å². The molecule has 0 saturated heterocycles. The number of carbonyl (C=O) groups is 2. The third-order valence-corrected chi connectivity index (χ3v) is 4.20. The fourth-order valence-electron chi connectivity index (χ4n) is 2.85. The molecular weight excluding hydrogens is 384 g/mol. The summed E-state index contributed by atoms with van der Waals surface area (Å²) in [6.45, 7) is 3.75. The van der Waals surface area contributed by atoms with Crippen LogP contribution in [0.2, 0.25) is 0 Å². The minimum absolute atomic E-state index is 0.0150. The van der Waals surface area contributed by atoms with Crippen molar-refractivity contribution in [2.24, 2.45) is 7.05 Å². The smallest absolute Gasteiger partial charge is 0.324 e. The number of nitrogens with one attached hydrogen (secondary N) is 3. The Kier molecular flexibility index (Phi) is 6.31. The molecule has 2 aromatic heterocycles. The van der Waals surface area contributed by atoms with Crippen LogP contribution in [0.5, 0.6) is 5.88 Å². The predicted octanol–water partition coefficient (Wildman–Crippen LogP) is 3.27. The normalized spacial score (nSPS) is 10.6. The Morgan fingerprint density at radius 1 is 1.10 bits per heavy atom. The van der Waals surface area contributed by atoms with Crippen LogP contribution in [0.15, 0.2) is 48.7 Å². The number of rotatable bonds is 6. The molecule has 156 valence electrons. The van der Waals surface area contributed by atoms with Gasteiger partial charge in [0.25, 0.3) is 5.91 Å². The molecule has 30 heavy (non-hydrogen) atoms. The molecular formula is C21H24N6O3. The quantitative estimate of drug-likeness (QED) is 0.580. The number of benzene rings is 1. The lowest BCUT2D eigenvalue weighted by atomic mass is 10.1. The Balaban J connectivity index is 1.72. The molecule has 2 heterocycles. The third kappa shape index (κ3) is 4.93. The molecule has 0 bridgehead atoms. The largest absolute Gasteiger partial charge is 0.481 e. The summed E-state index contributed by atoms with van der Waals surface area (Å²) in [6, 6.07) is 11.6. The standard InChI is InChI=1S/C21H24N6O3/c1-13(2)23-20(28)15-7-5-6-8-16(15)24-21(29)25-18-11-17(27(3)26-18)14-9-10-19(30-4)22-12-14/h5-13H,1-4H3,(H,23,28)(H2,24,25,26,29). The number of urea groups is 1. The number of anilines is 2. The Hall–Kier alpha value is -3.88. The van der Waals surface area contributed by atoms with E-state index in [0.29, 0.717) is 22.9 Å². The summed E-state index contributed by atoms with van der Waals surface area (Å²) in [7, 11) is 3.32. The molecule has 3 N–H and O–H groups in total. The summed E-state index contributed by atoms with van der Waals surface area (Å²) < 4.78 is 6.71. The maximum atomic E-state index is 12.5. The van der Waals surface area contributed by atoms with Gasteiger partial charge in [-0.25, -0.2) is 9.78 Å². The molecule has 0 aliphatic carbocycles. The second-order valence-corrected chi connectivity index (χ2v) is 6.88. The monoisotopic (exact) mass is 408 g/mol. The first-order valence-electron chi connectivity index (χ1n) is 9.39. The molecule has 0 saturated carbocycles. The lowest BCUT2D eigenvalue weighted by Gasteiger charge is -2.13. The molecule has 0 atom stereocenters. The van der Waals surface area contributed by atoms with Gasteiger partial charge >= 0.3 is 6.03 Å². The summed E-state index contributed by atoms with van der Waals surface area (Å²) in [5, 5.41) is 12.5. The molecule has 3 rings (SSSR count). The summed E-state index contributed by atoms with van der Waals surface area (Å²) in [5.74, 6) is 0.622. The number of pyridine rings is 1. The van der Waals surface area contributed by atoms with Gasteiger partial charge in [0.15, 0.2) is 5.82 Å². The molecule has 1 aromatic carbocycles. The maximum Gasteiger partial charge on any atom is 0.324 e. The maximum absolute atomic E-state index is 12.5. The Morgan fingerprint density at radius 3 is 2.53 bits per heavy atom. The van der Waals surface area contributed by atoms with Crippen LogP contribution < -0.4 is 20.7 Å². The second kappa shape index (κ2) is 9.08. The third-order valence-electron chi connectivity index (χ3n) is 4.20. The molecule has 0 aliphatic rings. The van der Waals surface area contributed by atoms with Crippen LogP contribution in [-0.2, 0) is 7.05 Å². The van der Waals surface area contributed by atoms with Crippen LogP contribution in [-0.4, -0.2) is 39.9 Å². The van der Waals surface area contributed by atoms with Gasteiger partial charge in [-0.2, -0.15) is 5.10 Å². The fourth-order valence-corrected chi connectivity index (χ4v) is 2.85. The van der Waals surface area contributed by atoms with Crippen LogP contribution in [0.4, 0.5) is 16.3 Å².